The van der Waals surface area contributed by atoms with E-state index in [2.05, 4.69) is 31.3 Å². The van der Waals surface area contributed by atoms with Crippen LogP contribution in [-0.2, 0) is 9.53 Å². The fourth-order valence-electron chi connectivity index (χ4n) is 3.81. The van der Waals surface area contributed by atoms with E-state index in [1.807, 2.05) is 36.6 Å². The highest BCUT2D eigenvalue weighted by atomic mass is 16.5. The molecule has 2 heterocycles. The SMILES string of the molecule is Cc1cc(C(=O)NC2(C(=O)O)CCOCC2)c(C)n1-c1cccc(C(C)C)c1. The summed E-state index contributed by atoms with van der Waals surface area (Å²) in [5, 5.41) is 12.5. The lowest BCUT2D eigenvalue weighted by atomic mass is 9.89. The number of aromatic nitrogens is 1. The topological polar surface area (TPSA) is 80.6 Å². The number of carbonyl (C=O) groups excluding carboxylic acids is 1. The van der Waals surface area contributed by atoms with Crippen molar-refractivity contribution in [3.05, 3.63) is 52.8 Å². The number of aliphatic carboxylic acids is 1. The number of hydrogen-bond acceptors (Lipinski definition) is 3. The van der Waals surface area contributed by atoms with Crippen molar-refractivity contribution in [3.8, 4) is 5.69 Å². The van der Waals surface area contributed by atoms with E-state index >= 15 is 0 Å². The van der Waals surface area contributed by atoms with Crippen molar-refractivity contribution in [2.45, 2.75) is 52.0 Å². The zero-order valence-electron chi connectivity index (χ0n) is 16.9. The average Bonchev–Trinajstić information content (AvgIpc) is 2.96. The number of nitrogens with one attached hydrogen (secondary N) is 1. The Morgan fingerprint density at radius 3 is 2.46 bits per heavy atom. The van der Waals surface area contributed by atoms with Gasteiger partial charge >= 0.3 is 5.97 Å². The van der Waals surface area contributed by atoms with E-state index in [-0.39, 0.29) is 18.7 Å². The monoisotopic (exact) mass is 384 g/mol. The van der Waals surface area contributed by atoms with Crippen LogP contribution >= 0.6 is 0 Å². The Bertz CT molecular complexity index is 892. The predicted octanol–water partition coefficient (Wildman–Crippen LogP) is 3.58. The van der Waals surface area contributed by atoms with Crippen molar-refractivity contribution >= 4 is 11.9 Å². The smallest absolute Gasteiger partial charge is 0.329 e. The summed E-state index contributed by atoms with van der Waals surface area (Å²) in [5.74, 6) is -0.964. The number of rotatable bonds is 5. The van der Waals surface area contributed by atoms with Gasteiger partial charge in [0.25, 0.3) is 5.91 Å². The highest BCUT2D eigenvalue weighted by molar-refractivity contribution is 5.99. The third kappa shape index (κ3) is 3.69. The fraction of sp³-hybridized carbons (Fsp3) is 0.455. The van der Waals surface area contributed by atoms with E-state index in [1.54, 1.807) is 0 Å². The summed E-state index contributed by atoms with van der Waals surface area (Å²) >= 11 is 0. The number of amides is 1. The van der Waals surface area contributed by atoms with Crippen LogP contribution in [0.15, 0.2) is 30.3 Å². The first-order valence-electron chi connectivity index (χ1n) is 9.68. The summed E-state index contributed by atoms with van der Waals surface area (Å²) in [6.07, 6.45) is 0.534. The van der Waals surface area contributed by atoms with Crippen molar-refractivity contribution < 1.29 is 19.4 Å². The van der Waals surface area contributed by atoms with Crippen LogP contribution in [0.5, 0.6) is 0 Å². The molecule has 2 aromatic rings. The fourth-order valence-corrected chi connectivity index (χ4v) is 3.81. The van der Waals surface area contributed by atoms with E-state index in [0.717, 1.165) is 17.1 Å². The molecule has 1 aromatic heterocycles. The number of hydrogen-bond donors (Lipinski definition) is 2. The maximum absolute atomic E-state index is 13.0. The summed E-state index contributed by atoms with van der Waals surface area (Å²) in [4.78, 5) is 24.8. The lowest BCUT2D eigenvalue weighted by molar-refractivity contribution is -0.148. The minimum atomic E-state index is -1.27. The Labute approximate surface area is 165 Å². The number of carboxylic acids is 1. The first kappa shape index (κ1) is 20.1. The molecule has 28 heavy (non-hydrogen) atoms. The molecule has 1 aliphatic heterocycles. The Morgan fingerprint density at radius 2 is 1.86 bits per heavy atom. The molecule has 0 bridgehead atoms. The van der Waals surface area contributed by atoms with Gasteiger partial charge in [-0.1, -0.05) is 26.0 Å². The van der Waals surface area contributed by atoms with Gasteiger partial charge in [0, 0.05) is 43.1 Å². The van der Waals surface area contributed by atoms with Crippen LogP contribution in [0, 0.1) is 13.8 Å². The maximum Gasteiger partial charge on any atom is 0.329 e. The molecule has 3 rings (SSSR count). The summed E-state index contributed by atoms with van der Waals surface area (Å²) in [6.45, 7) is 8.79. The molecule has 0 radical (unpaired) electrons. The number of ether oxygens (including phenoxy) is 1. The minimum Gasteiger partial charge on any atom is -0.480 e. The van der Waals surface area contributed by atoms with Crippen LogP contribution in [0.4, 0.5) is 0 Å². The molecule has 6 heteroatoms. The molecule has 1 fully saturated rings. The molecule has 6 nitrogen and oxygen atoms in total. The van der Waals surface area contributed by atoms with Gasteiger partial charge in [-0.3, -0.25) is 4.79 Å². The number of carbonyl (C=O) groups is 2. The van der Waals surface area contributed by atoms with Crippen molar-refractivity contribution in [3.63, 3.8) is 0 Å². The largest absolute Gasteiger partial charge is 0.480 e. The quantitative estimate of drug-likeness (QED) is 0.826. The van der Waals surface area contributed by atoms with Crippen LogP contribution in [-0.4, -0.2) is 40.3 Å². The van der Waals surface area contributed by atoms with E-state index in [1.165, 1.54) is 5.56 Å². The van der Waals surface area contributed by atoms with E-state index < -0.39 is 11.5 Å². The molecule has 2 N–H and O–H groups in total. The molecule has 150 valence electrons. The number of carboxylic acid groups (broad SMARTS) is 1. The summed E-state index contributed by atoms with van der Waals surface area (Å²) in [6, 6.07) is 10.1. The van der Waals surface area contributed by atoms with Crippen molar-refractivity contribution in [1.29, 1.82) is 0 Å². The third-order valence-corrected chi connectivity index (χ3v) is 5.58. The number of benzene rings is 1. The molecule has 0 saturated carbocycles. The summed E-state index contributed by atoms with van der Waals surface area (Å²) in [5.41, 5.74) is 3.18. The molecule has 1 aromatic carbocycles. The Hall–Kier alpha value is -2.60. The lowest BCUT2D eigenvalue weighted by Gasteiger charge is -2.33. The van der Waals surface area contributed by atoms with E-state index in [9.17, 15) is 14.7 Å². The van der Waals surface area contributed by atoms with Gasteiger partial charge < -0.3 is 19.7 Å². The van der Waals surface area contributed by atoms with Gasteiger partial charge in [0.15, 0.2) is 0 Å². The average molecular weight is 384 g/mol. The standard InChI is InChI=1S/C22H28N2O4/c1-14(2)17-6-5-7-18(13-17)24-15(3)12-19(16(24)4)20(25)23-22(21(26)27)8-10-28-11-9-22/h5-7,12-14H,8-11H2,1-4H3,(H,23,25)(H,26,27). The van der Waals surface area contributed by atoms with Gasteiger partial charge in [-0.2, -0.15) is 0 Å². The van der Waals surface area contributed by atoms with Gasteiger partial charge in [0.1, 0.15) is 5.54 Å². The second kappa shape index (κ2) is 7.80. The van der Waals surface area contributed by atoms with E-state index in [4.69, 9.17) is 4.74 Å². The normalized spacial score (nSPS) is 16.2. The first-order chi connectivity index (χ1) is 13.2. The Kier molecular flexibility index (Phi) is 5.61. The van der Waals surface area contributed by atoms with Gasteiger partial charge in [-0.05, 0) is 43.5 Å². The number of aryl methyl sites for hydroxylation is 1. The molecule has 1 saturated heterocycles. The van der Waals surface area contributed by atoms with Crippen LogP contribution < -0.4 is 5.32 Å². The van der Waals surface area contributed by atoms with Gasteiger partial charge in [0.05, 0.1) is 5.56 Å². The van der Waals surface area contributed by atoms with Gasteiger partial charge in [-0.25, -0.2) is 4.79 Å². The highest BCUT2D eigenvalue weighted by Crippen LogP contribution is 2.26. The zero-order chi connectivity index (χ0) is 20.5. The minimum absolute atomic E-state index is 0.267. The van der Waals surface area contributed by atoms with Crippen LogP contribution in [0.3, 0.4) is 0 Å². The molecular formula is C22H28N2O4. The van der Waals surface area contributed by atoms with Crippen molar-refractivity contribution in [1.82, 2.24) is 9.88 Å². The first-order valence-corrected chi connectivity index (χ1v) is 9.68. The van der Waals surface area contributed by atoms with Gasteiger partial charge in [-0.15, -0.1) is 0 Å². The molecule has 1 aliphatic rings. The van der Waals surface area contributed by atoms with Crippen LogP contribution in [0.1, 0.15) is 59.9 Å². The highest BCUT2D eigenvalue weighted by Gasteiger charge is 2.42. The Morgan fingerprint density at radius 1 is 1.18 bits per heavy atom. The second-order valence-electron chi connectivity index (χ2n) is 7.82. The number of nitrogens with zero attached hydrogens (tertiary/aromatic N) is 1. The summed E-state index contributed by atoms with van der Waals surface area (Å²) < 4.78 is 7.32. The zero-order valence-corrected chi connectivity index (χ0v) is 16.9. The van der Waals surface area contributed by atoms with Crippen molar-refractivity contribution in [2.24, 2.45) is 0 Å². The maximum atomic E-state index is 13.0. The predicted molar refractivity (Wildman–Crippen MR) is 107 cm³/mol. The van der Waals surface area contributed by atoms with Gasteiger partial charge in [0.2, 0.25) is 0 Å². The molecule has 0 aliphatic carbocycles. The molecule has 1 amide bonds. The Balaban J connectivity index is 1.94. The second-order valence-corrected chi connectivity index (χ2v) is 7.82. The molecule has 0 unspecified atom stereocenters. The molecule has 0 spiro atoms. The van der Waals surface area contributed by atoms with E-state index in [0.29, 0.717) is 24.7 Å². The molecular weight excluding hydrogens is 356 g/mol. The lowest BCUT2D eigenvalue weighted by Crippen LogP contribution is -2.57. The molecule has 0 atom stereocenters. The summed E-state index contributed by atoms with van der Waals surface area (Å²) in [7, 11) is 0. The van der Waals surface area contributed by atoms with Crippen LogP contribution in [0.2, 0.25) is 0 Å². The van der Waals surface area contributed by atoms with Crippen LogP contribution in [0.25, 0.3) is 5.69 Å². The third-order valence-electron chi connectivity index (χ3n) is 5.58. The van der Waals surface area contributed by atoms with Crippen molar-refractivity contribution in [2.75, 3.05) is 13.2 Å².